The molecule has 1 saturated heterocycles. The Morgan fingerprint density at radius 1 is 1.04 bits per heavy atom. The molecule has 4 heteroatoms. The summed E-state index contributed by atoms with van der Waals surface area (Å²) in [6, 6.07) is 10.8. The highest BCUT2D eigenvalue weighted by molar-refractivity contribution is 6.21. The van der Waals surface area contributed by atoms with Gasteiger partial charge in [-0.05, 0) is 123 Å². The molecule has 252 valence electrons. The maximum atomic E-state index is 7.11. The zero-order chi connectivity index (χ0) is 33.4. The van der Waals surface area contributed by atoms with Crippen molar-refractivity contribution < 1.29 is 4.74 Å². The smallest absolute Gasteiger partial charge is 0.117 e. The van der Waals surface area contributed by atoms with Crippen LogP contribution in [0.4, 0.5) is 0 Å². The Kier molecular flexibility index (Phi) is 13.3. The number of methoxy groups -OCH3 is 1. The van der Waals surface area contributed by atoms with Crippen molar-refractivity contribution >= 4 is 11.6 Å². The summed E-state index contributed by atoms with van der Waals surface area (Å²) in [6.07, 6.45) is 14.2. The van der Waals surface area contributed by atoms with Gasteiger partial charge in [0.05, 0.1) is 18.5 Å². The Morgan fingerprint density at radius 3 is 2.46 bits per heavy atom. The van der Waals surface area contributed by atoms with Crippen LogP contribution in [0.2, 0.25) is 0 Å². The molecular weight excluding hydrogens is 584 g/mol. The van der Waals surface area contributed by atoms with Gasteiger partial charge in [-0.1, -0.05) is 94.6 Å². The van der Waals surface area contributed by atoms with E-state index in [-0.39, 0.29) is 11.4 Å². The third-order valence-corrected chi connectivity index (χ3v) is 11.4. The first kappa shape index (κ1) is 36.2. The quantitative estimate of drug-likeness (QED) is 0.218. The predicted molar refractivity (Wildman–Crippen MR) is 198 cm³/mol. The molecule has 1 saturated carbocycles. The first-order valence-corrected chi connectivity index (χ1v) is 18.2. The molecule has 8 atom stereocenters. The van der Waals surface area contributed by atoms with Gasteiger partial charge < -0.3 is 15.4 Å². The van der Waals surface area contributed by atoms with Crippen LogP contribution in [0.1, 0.15) is 96.4 Å². The Labute approximate surface area is 286 Å². The molecule has 1 heterocycles. The minimum Gasteiger partial charge on any atom is -0.497 e. The molecule has 0 radical (unpaired) electrons. The van der Waals surface area contributed by atoms with E-state index in [2.05, 4.69) is 101 Å². The van der Waals surface area contributed by atoms with Gasteiger partial charge in [-0.2, -0.15) is 0 Å². The lowest BCUT2D eigenvalue weighted by atomic mass is 9.78. The number of ether oxygens (including phenoxy) is 1. The largest absolute Gasteiger partial charge is 0.497 e. The average Bonchev–Trinajstić information content (AvgIpc) is 3.82. The standard InChI is InChI=1S/C42H61ClN2O/c1-27(2)20-37-22-28(3)31(6)26-44-33(8)40(24-34-18-19-41(46-9)30(5)21-34)45-32(7)14-13-17-36(23-29(37)4)38-25-39(38)42(43)35-15-11-10-12-16-35/h10-12,15-16,19,21,27,31,34,36-40,42,44-45H,3-4,7-8,13-14,17-18,20,22-26H2,1-2,5-6,9H3/t31?,34?,36-,37?,38?,39?,40-,42?/m1/s1. The zero-order valence-electron chi connectivity index (χ0n) is 29.4. The predicted octanol–water partition coefficient (Wildman–Crippen LogP) is 11.1. The number of hydrogen-bond donors (Lipinski definition) is 2. The molecule has 2 aliphatic carbocycles. The normalized spacial score (nSPS) is 31.0. The van der Waals surface area contributed by atoms with Crippen LogP contribution >= 0.6 is 11.6 Å². The summed E-state index contributed by atoms with van der Waals surface area (Å²) in [7, 11) is 1.75. The molecule has 1 aromatic carbocycles. The van der Waals surface area contributed by atoms with Crippen molar-refractivity contribution in [2.45, 2.75) is 96.9 Å². The van der Waals surface area contributed by atoms with E-state index in [1.165, 1.54) is 35.1 Å². The number of nitrogens with one attached hydrogen (secondary N) is 2. The second-order valence-corrected chi connectivity index (χ2v) is 15.5. The van der Waals surface area contributed by atoms with Crippen molar-refractivity contribution in [3.8, 4) is 0 Å². The van der Waals surface area contributed by atoms with Crippen molar-refractivity contribution in [2.75, 3.05) is 13.7 Å². The number of allylic oxidation sites excluding steroid dienone is 5. The summed E-state index contributed by atoms with van der Waals surface area (Å²) in [5.41, 5.74) is 7.32. The SMILES string of the molecule is C=C1CCC[C@@H](C2CC2C(Cl)c2ccccc2)CC(=C)C(CC(C)C)CC(=C)C(C)CNC(=C)[C@@H](CC2C=C(C)C(OC)=CC2)N1. The lowest BCUT2D eigenvalue weighted by molar-refractivity contribution is 0.293. The van der Waals surface area contributed by atoms with Crippen LogP contribution in [0.5, 0.6) is 0 Å². The topological polar surface area (TPSA) is 33.3 Å². The molecular formula is C42H61ClN2O. The van der Waals surface area contributed by atoms with Gasteiger partial charge in [-0.3, -0.25) is 0 Å². The van der Waals surface area contributed by atoms with E-state index in [0.29, 0.717) is 41.4 Å². The van der Waals surface area contributed by atoms with Gasteiger partial charge in [-0.25, -0.2) is 0 Å². The van der Waals surface area contributed by atoms with E-state index in [1.54, 1.807) is 7.11 Å². The molecule has 3 nitrogen and oxygen atoms in total. The summed E-state index contributed by atoms with van der Waals surface area (Å²) in [4.78, 5) is 0. The maximum Gasteiger partial charge on any atom is 0.117 e. The molecule has 1 aromatic rings. The Morgan fingerprint density at radius 2 is 1.78 bits per heavy atom. The molecule has 6 unspecified atom stereocenters. The van der Waals surface area contributed by atoms with Crippen molar-refractivity contribution in [3.63, 3.8) is 0 Å². The Balaban J connectivity index is 1.51. The minimum atomic E-state index is 0.0788. The molecule has 0 bridgehead atoms. The van der Waals surface area contributed by atoms with Crippen LogP contribution in [0.3, 0.4) is 0 Å². The third kappa shape index (κ3) is 10.2. The van der Waals surface area contributed by atoms with Crippen molar-refractivity contribution in [1.29, 1.82) is 0 Å². The highest BCUT2D eigenvalue weighted by Gasteiger charge is 2.47. The molecule has 4 rings (SSSR count). The lowest BCUT2D eigenvalue weighted by Gasteiger charge is -2.31. The van der Waals surface area contributed by atoms with Gasteiger partial charge in [0.1, 0.15) is 5.76 Å². The van der Waals surface area contributed by atoms with Crippen molar-refractivity contribution in [1.82, 2.24) is 10.6 Å². The molecule has 46 heavy (non-hydrogen) atoms. The molecule has 1 aliphatic heterocycles. The summed E-state index contributed by atoms with van der Waals surface area (Å²) in [5.74, 6) is 4.60. The van der Waals surface area contributed by atoms with Crippen LogP contribution in [0.15, 0.2) is 103 Å². The summed E-state index contributed by atoms with van der Waals surface area (Å²) in [6.45, 7) is 28.4. The Bertz CT molecular complexity index is 1280. The molecule has 0 aromatic heterocycles. The van der Waals surface area contributed by atoms with E-state index in [1.807, 2.05) is 0 Å². The van der Waals surface area contributed by atoms with Gasteiger partial charge in [-0.15, -0.1) is 11.6 Å². The fourth-order valence-corrected chi connectivity index (χ4v) is 8.26. The van der Waals surface area contributed by atoms with Gasteiger partial charge in [0.2, 0.25) is 0 Å². The average molecular weight is 645 g/mol. The van der Waals surface area contributed by atoms with Gasteiger partial charge >= 0.3 is 0 Å². The van der Waals surface area contributed by atoms with E-state index >= 15 is 0 Å². The summed E-state index contributed by atoms with van der Waals surface area (Å²) in [5, 5.41) is 7.59. The summed E-state index contributed by atoms with van der Waals surface area (Å²) < 4.78 is 5.55. The second kappa shape index (κ2) is 17.0. The minimum absolute atomic E-state index is 0.0788. The highest BCUT2D eigenvalue weighted by Crippen LogP contribution is 2.56. The summed E-state index contributed by atoms with van der Waals surface area (Å²) >= 11 is 7.11. The number of rotatable bonds is 8. The lowest BCUT2D eigenvalue weighted by Crippen LogP contribution is -2.38. The van der Waals surface area contributed by atoms with Crippen molar-refractivity contribution in [3.05, 3.63) is 108 Å². The molecule has 3 aliphatic rings. The zero-order valence-corrected chi connectivity index (χ0v) is 30.2. The van der Waals surface area contributed by atoms with Gasteiger partial charge in [0.25, 0.3) is 0 Å². The Hall–Kier alpha value is -2.65. The number of halogens is 1. The van der Waals surface area contributed by atoms with Gasteiger partial charge in [0, 0.05) is 17.9 Å². The first-order valence-electron chi connectivity index (χ1n) is 17.8. The number of alkyl halides is 1. The van der Waals surface area contributed by atoms with Crippen LogP contribution in [0, 0.1) is 41.4 Å². The van der Waals surface area contributed by atoms with Crippen molar-refractivity contribution in [2.24, 2.45) is 41.4 Å². The molecule has 2 N–H and O–H groups in total. The van der Waals surface area contributed by atoms with E-state index in [0.717, 1.165) is 68.6 Å². The van der Waals surface area contributed by atoms with E-state index in [9.17, 15) is 0 Å². The van der Waals surface area contributed by atoms with Crippen LogP contribution in [-0.4, -0.2) is 19.7 Å². The molecule has 0 spiro atoms. The van der Waals surface area contributed by atoms with E-state index < -0.39 is 0 Å². The number of benzene rings is 1. The monoisotopic (exact) mass is 644 g/mol. The van der Waals surface area contributed by atoms with Gasteiger partial charge in [0.15, 0.2) is 0 Å². The fraction of sp³-hybridized carbons (Fsp3) is 0.571. The highest BCUT2D eigenvalue weighted by atomic mass is 35.5. The first-order chi connectivity index (χ1) is 22.0. The molecule has 2 fully saturated rings. The fourth-order valence-electron chi connectivity index (χ4n) is 7.82. The van der Waals surface area contributed by atoms with Crippen LogP contribution < -0.4 is 10.6 Å². The third-order valence-electron chi connectivity index (χ3n) is 10.8. The maximum absolute atomic E-state index is 7.11. The second-order valence-electron chi connectivity index (χ2n) is 15.0. The van der Waals surface area contributed by atoms with Crippen LogP contribution in [0.25, 0.3) is 0 Å². The van der Waals surface area contributed by atoms with E-state index in [4.69, 9.17) is 22.9 Å². The molecule has 0 amide bonds. The van der Waals surface area contributed by atoms with Crippen LogP contribution in [-0.2, 0) is 4.74 Å². The number of hydrogen-bond acceptors (Lipinski definition) is 3.